The van der Waals surface area contributed by atoms with E-state index in [4.69, 9.17) is 4.74 Å². The van der Waals surface area contributed by atoms with Gasteiger partial charge in [-0.2, -0.15) is 5.10 Å². The molecule has 4 nitrogen and oxygen atoms in total. The van der Waals surface area contributed by atoms with Crippen molar-refractivity contribution < 1.29 is 4.74 Å². The minimum Gasteiger partial charge on any atom is -0.486 e. The van der Waals surface area contributed by atoms with Gasteiger partial charge >= 0.3 is 0 Å². The molecule has 1 fully saturated rings. The van der Waals surface area contributed by atoms with Gasteiger partial charge in [-0.15, -0.1) is 0 Å². The smallest absolute Gasteiger partial charge is 0.157 e. The van der Waals surface area contributed by atoms with Crippen LogP contribution in [0.2, 0.25) is 0 Å². The van der Waals surface area contributed by atoms with Crippen molar-refractivity contribution in [3.63, 3.8) is 0 Å². The summed E-state index contributed by atoms with van der Waals surface area (Å²) in [5, 5.41) is 7.50. The van der Waals surface area contributed by atoms with E-state index in [0.717, 1.165) is 31.8 Å². The van der Waals surface area contributed by atoms with Gasteiger partial charge in [-0.25, -0.2) is 0 Å². The fourth-order valence-electron chi connectivity index (χ4n) is 1.69. The van der Waals surface area contributed by atoms with Crippen molar-refractivity contribution in [2.45, 2.75) is 32.4 Å². The van der Waals surface area contributed by atoms with Crippen molar-refractivity contribution in [3.05, 3.63) is 12.4 Å². The van der Waals surface area contributed by atoms with Crippen LogP contribution in [0.25, 0.3) is 0 Å². The van der Waals surface area contributed by atoms with Crippen LogP contribution in [0.1, 0.15) is 19.8 Å². The minimum atomic E-state index is 0.318. The Morgan fingerprint density at radius 1 is 1.71 bits per heavy atom. The van der Waals surface area contributed by atoms with Gasteiger partial charge in [0, 0.05) is 13.1 Å². The first-order valence-electron chi connectivity index (χ1n) is 5.28. The molecule has 1 aromatic rings. The zero-order chi connectivity index (χ0) is 9.80. The molecule has 78 valence electrons. The molecule has 0 spiro atoms. The number of hydrogen-bond acceptors (Lipinski definition) is 3. The highest BCUT2D eigenvalue weighted by molar-refractivity contribution is 5.12. The van der Waals surface area contributed by atoms with Gasteiger partial charge in [-0.1, -0.05) is 0 Å². The summed E-state index contributed by atoms with van der Waals surface area (Å²) < 4.78 is 7.67. The van der Waals surface area contributed by atoms with Gasteiger partial charge in [-0.05, 0) is 26.3 Å². The Kier molecular flexibility index (Phi) is 3.03. The number of ether oxygens (including phenoxy) is 1. The van der Waals surface area contributed by atoms with Crippen LogP contribution in [0.4, 0.5) is 0 Å². The standard InChI is InChI=1S/C10H17N3O/c1-2-13-8-10(7-12-13)14-9-4-3-5-11-6-9/h7-9,11H,2-6H2,1H3. The summed E-state index contributed by atoms with van der Waals surface area (Å²) in [6, 6.07) is 0. The van der Waals surface area contributed by atoms with Gasteiger partial charge < -0.3 is 10.1 Å². The van der Waals surface area contributed by atoms with E-state index in [-0.39, 0.29) is 0 Å². The second-order valence-electron chi connectivity index (χ2n) is 3.62. The van der Waals surface area contributed by atoms with E-state index in [1.54, 1.807) is 6.20 Å². The highest BCUT2D eigenvalue weighted by atomic mass is 16.5. The highest BCUT2D eigenvalue weighted by Crippen LogP contribution is 2.14. The van der Waals surface area contributed by atoms with E-state index in [9.17, 15) is 0 Å². The first kappa shape index (κ1) is 9.52. The molecule has 2 heterocycles. The molecule has 0 radical (unpaired) electrons. The fraction of sp³-hybridized carbons (Fsp3) is 0.700. The maximum absolute atomic E-state index is 5.79. The zero-order valence-corrected chi connectivity index (χ0v) is 8.57. The van der Waals surface area contributed by atoms with E-state index in [1.807, 2.05) is 10.9 Å². The third kappa shape index (κ3) is 2.26. The Labute approximate surface area is 84.3 Å². The van der Waals surface area contributed by atoms with Crippen LogP contribution < -0.4 is 10.1 Å². The van der Waals surface area contributed by atoms with Crippen LogP contribution in [0.3, 0.4) is 0 Å². The second-order valence-corrected chi connectivity index (χ2v) is 3.62. The number of aryl methyl sites for hydroxylation is 1. The zero-order valence-electron chi connectivity index (χ0n) is 8.57. The Morgan fingerprint density at radius 3 is 3.29 bits per heavy atom. The number of nitrogens with zero attached hydrogens (tertiary/aromatic N) is 2. The maximum atomic E-state index is 5.79. The molecule has 2 rings (SSSR count). The maximum Gasteiger partial charge on any atom is 0.157 e. The van der Waals surface area contributed by atoms with E-state index in [1.165, 1.54) is 6.42 Å². The van der Waals surface area contributed by atoms with Crippen LogP contribution in [-0.2, 0) is 6.54 Å². The number of piperidine rings is 1. The molecule has 0 aliphatic carbocycles. The van der Waals surface area contributed by atoms with Gasteiger partial charge in [0.1, 0.15) is 6.10 Å². The molecule has 0 saturated carbocycles. The Balaban J connectivity index is 1.89. The minimum absolute atomic E-state index is 0.318. The quantitative estimate of drug-likeness (QED) is 0.783. The molecule has 0 bridgehead atoms. The molecular weight excluding hydrogens is 178 g/mol. The SMILES string of the molecule is CCn1cc(OC2CCCNC2)cn1. The lowest BCUT2D eigenvalue weighted by Crippen LogP contribution is -2.37. The second kappa shape index (κ2) is 4.46. The molecule has 1 atom stereocenters. The van der Waals surface area contributed by atoms with Crippen molar-refractivity contribution >= 4 is 0 Å². The van der Waals surface area contributed by atoms with Crippen LogP contribution in [-0.4, -0.2) is 29.0 Å². The molecule has 1 N–H and O–H groups in total. The number of hydrogen-bond donors (Lipinski definition) is 1. The first-order valence-corrected chi connectivity index (χ1v) is 5.28. The van der Waals surface area contributed by atoms with Crippen LogP contribution in [0, 0.1) is 0 Å². The lowest BCUT2D eigenvalue weighted by Gasteiger charge is -2.22. The van der Waals surface area contributed by atoms with Crippen molar-refractivity contribution in [1.82, 2.24) is 15.1 Å². The predicted octanol–water partition coefficient (Wildman–Crippen LogP) is 1.03. The van der Waals surface area contributed by atoms with Gasteiger partial charge in [0.2, 0.25) is 0 Å². The number of nitrogens with one attached hydrogen (secondary N) is 1. The summed E-state index contributed by atoms with van der Waals surface area (Å²) in [6.45, 7) is 5.04. The molecular formula is C10H17N3O. The fourth-order valence-corrected chi connectivity index (χ4v) is 1.69. The summed E-state index contributed by atoms with van der Waals surface area (Å²) in [5.74, 6) is 0.889. The van der Waals surface area contributed by atoms with Crippen LogP contribution in [0.5, 0.6) is 5.75 Å². The molecule has 1 aromatic heterocycles. The Morgan fingerprint density at radius 2 is 2.64 bits per heavy atom. The molecule has 1 saturated heterocycles. The predicted molar refractivity (Wildman–Crippen MR) is 54.4 cm³/mol. The van der Waals surface area contributed by atoms with Crippen molar-refractivity contribution in [1.29, 1.82) is 0 Å². The number of aromatic nitrogens is 2. The first-order chi connectivity index (χ1) is 6.88. The summed E-state index contributed by atoms with van der Waals surface area (Å²) >= 11 is 0. The monoisotopic (exact) mass is 195 g/mol. The summed E-state index contributed by atoms with van der Waals surface area (Å²) in [7, 11) is 0. The molecule has 0 amide bonds. The largest absolute Gasteiger partial charge is 0.486 e. The van der Waals surface area contributed by atoms with Gasteiger partial charge in [0.15, 0.2) is 5.75 Å². The van der Waals surface area contributed by atoms with Crippen LogP contribution in [0.15, 0.2) is 12.4 Å². The normalized spacial score (nSPS) is 22.2. The third-order valence-corrected chi connectivity index (χ3v) is 2.49. The summed E-state index contributed by atoms with van der Waals surface area (Å²) in [4.78, 5) is 0. The van der Waals surface area contributed by atoms with Crippen molar-refractivity contribution in [3.8, 4) is 5.75 Å². The highest BCUT2D eigenvalue weighted by Gasteiger charge is 2.14. The average molecular weight is 195 g/mol. The van der Waals surface area contributed by atoms with Crippen molar-refractivity contribution in [2.75, 3.05) is 13.1 Å². The van der Waals surface area contributed by atoms with Gasteiger partial charge in [-0.3, -0.25) is 4.68 Å². The third-order valence-electron chi connectivity index (χ3n) is 2.49. The molecule has 1 aliphatic rings. The molecule has 14 heavy (non-hydrogen) atoms. The van der Waals surface area contributed by atoms with E-state index < -0.39 is 0 Å². The average Bonchev–Trinajstić information content (AvgIpc) is 2.67. The lowest BCUT2D eigenvalue weighted by atomic mass is 10.1. The van der Waals surface area contributed by atoms with Crippen molar-refractivity contribution in [2.24, 2.45) is 0 Å². The molecule has 1 unspecified atom stereocenters. The molecule has 1 aliphatic heterocycles. The lowest BCUT2D eigenvalue weighted by molar-refractivity contribution is 0.167. The Bertz CT molecular complexity index is 279. The number of rotatable bonds is 3. The Hall–Kier alpha value is -1.03. The van der Waals surface area contributed by atoms with Crippen LogP contribution >= 0.6 is 0 Å². The van der Waals surface area contributed by atoms with Gasteiger partial charge in [0.05, 0.1) is 12.4 Å². The summed E-state index contributed by atoms with van der Waals surface area (Å²) in [6.07, 6.45) is 6.40. The molecule has 4 heteroatoms. The summed E-state index contributed by atoms with van der Waals surface area (Å²) in [5.41, 5.74) is 0. The van der Waals surface area contributed by atoms with E-state index in [0.29, 0.717) is 6.10 Å². The molecule has 0 aromatic carbocycles. The van der Waals surface area contributed by atoms with E-state index in [2.05, 4.69) is 17.3 Å². The van der Waals surface area contributed by atoms with Gasteiger partial charge in [0.25, 0.3) is 0 Å². The van der Waals surface area contributed by atoms with E-state index >= 15 is 0 Å². The topological polar surface area (TPSA) is 39.1 Å².